The Bertz CT molecular complexity index is 268. The van der Waals surface area contributed by atoms with Crippen LogP contribution in [-0.4, -0.2) is 0 Å². The number of allylic oxidation sites excluding steroid dienone is 3. The molecule has 0 aromatic rings. The number of nitrogens with two attached hydrogens (primary N) is 1. The van der Waals surface area contributed by atoms with Crippen molar-refractivity contribution in [3.8, 4) is 0 Å². The molecule has 0 spiro atoms. The summed E-state index contributed by atoms with van der Waals surface area (Å²) >= 11 is 4.31. The third-order valence-electron chi connectivity index (χ3n) is 2.20. The zero-order valence-corrected chi connectivity index (χ0v) is 9.83. The van der Waals surface area contributed by atoms with Gasteiger partial charge < -0.3 is 5.73 Å². The molecule has 0 unspecified atom stereocenters. The molecule has 0 aliphatic rings. The van der Waals surface area contributed by atoms with E-state index in [1.807, 2.05) is 13.8 Å². The second-order valence-electron chi connectivity index (χ2n) is 3.24. The maximum Gasteiger partial charge on any atom is 0.0317 e. The molecule has 0 aromatic heterocycles. The van der Waals surface area contributed by atoms with E-state index in [0.717, 1.165) is 22.5 Å². The molecule has 74 valence electrons. The highest BCUT2D eigenvalue weighted by atomic mass is 32.1. The molecule has 13 heavy (non-hydrogen) atoms. The highest BCUT2D eigenvalue weighted by molar-refractivity contribution is 7.84. The zero-order valence-electron chi connectivity index (χ0n) is 8.94. The molecular formula is C11H19NS. The van der Waals surface area contributed by atoms with E-state index < -0.39 is 0 Å². The lowest BCUT2D eigenvalue weighted by Crippen LogP contribution is -2.03. The summed E-state index contributed by atoms with van der Waals surface area (Å²) in [6.45, 7) is 12.0. The molecule has 0 heterocycles. The molecule has 2 N–H and O–H groups in total. The van der Waals surface area contributed by atoms with Crippen LogP contribution in [0.1, 0.15) is 34.1 Å². The van der Waals surface area contributed by atoms with Crippen molar-refractivity contribution in [3.05, 3.63) is 33.9 Å². The predicted molar refractivity (Wildman–Crippen MR) is 63.7 cm³/mol. The molecule has 1 nitrogen and oxygen atoms in total. The molecule has 0 bridgehead atoms. The van der Waals surface area contributed by atoms with Gasteiger partial charge in [-0.05, 0) is 43.2 Å². The normalized spacial score (nSPS) is 14.8. The van der Waals surface area contributed by atoms with E-state index in [2.05, 4.69) is 33.1 Å². The molecule has 0 fully saturated rings. The van der Waals surface area contributed by atoms with Crippen LogP contribution in [0.3, 0.4) is 0 Å². The van der Waals surface area contributed by atoms with Gasteiger partial charge in [-0.3, -0.25) is 0 Å². The van der Waals surface area contributed by atoms with Crippen LogP contribution in [0.4, 0.5) is 0 Å². The standard InChI is InChI=1S/C11H19NS/c1-6-7(2)11(9(4)12)8(3)10(5)13/h13H,4,6,12H2,1-3,5H3/b10-8-,11-7-. The van der Waals surface area contributed by atoms with Crippen LogP contribution in [0, 0.1) is 0 Å². The van der Waals surface area contributed by atoms with Gasteiger partial charge in [0.15, 0.2) is 0 Å². The van der Waals surface area contributed by atoms with Gasteiger partial charge in [0.05, 0.1) is 0 Å². The third-order valence-corrected chi connectivity index (χ3v) is 2.53. The van der Waals surface area contributed by atoms with Crippen molar-refractivity contribution in [1.82, 2.24) is 0 Å². The van der Waals surface area contributed by atoms with Crippen molar-refractivity contribution in [2.24, 2.45) is 5.73 Å². The third kappa shape index (κ3) is 3.31. The summed E-state index contributed by atoms with van der Waals surface area (Å²) in [4.78, 5) is 0.995. The summed E-state index contributed by atoms with van der Waals surface area (Å²) in [5.74, 6) is 0. The number of rotatable bonds is 3. The second kappa shape index (κ2) is 5.18. The van der Waals surface area contributed by atoms with Gasteiger partial charge in [0.2, 0.25) is 0 Å². The van der Waals surface area contributed by atoms with Crippen LogP contribution in [0.15, 0.2) is 33.9 Å². The van der Waals surface area contributed by atoms with E-state index >= 15 is 0 Å². The van der Waals surface area contributed by atoms with E-state index in [9.17, 15) is 0 Å². The number of hydrogen-bond acceptors (Lipinski definition) is 2. The monoisotopic (exact) mass is 197 g/mol. The van der Waals surface area contributed by atoms with Crippen LogP contribution in [0.2, 0.25) is 0 Å². The van der Waals surface area contributed by atoms with Crippen LogP contribution < -0.4 is 5.73 Å². The maximum atomic E-state index is 5.73. The fourth-order valence-corrected chi connectivity index (χ4v) is 1.30. The highest BCUT2D eigenvalue weighted by Gasteiger charge is 2.06. The topological polar surface area (TPSA) is 26.0 Å². The molecule has 2 heteroatoms. The van der Waals surface area contributed by atoms with E-state index in [0.29, 0.717) is 5.70 Å². The van der Waals surface area contributed by atoms with Gasteiger partial charge in [0.25, 0.3) is 0 Å². The Kier molecular flexibility index (Phi) is 4.92. The van der Waals surface area contributed by atoms with Gasteiger partial charge in [0.1, 0.15) is 0 Å². The van der Waals surface area contributed by atoms with E-state index in [4.69, 9.17) is 5.73 Å². The molecule has 0 saturated carbocycles. The van der Waals surface area contributed by atoms with Crippen molar-refractivity contribution in [2.75, 3.05) is 0 Å². The second-order valence-corrected chi connectivity index (χ2v) is 3.92. The Labute approximate surface area is 86.8 Å². The highest BCUT2D eigenvalue weighted by Crippen LogP contribution is 2.24. The van der Waals surface area contributed by atoms with E-state index in [1.165, 1.54) is 5.57 Å². The first-order chi connectivity index (χ1) is 5.91. The smallest absolute Gasteiger partial charge is 0.0317 e. The predicted octanol–water partition coefficient (Wildman–Crippen LogP) is 3.41. The first kappa shape index (κ1) is 12.4. The largest absolute Gasteiger partial charge is 0.399 e. The van der Waals surface area contributed by atoms with Gasteiger partial charge >= 0.3 is 0 Å². The van der Waals surface area contributed by atoms with Crippen LogP contribution in [-0.2, 0) is 0 Å². The minimum absolute atomic E-state index is 0.630. The molecule has 0 aromatic carbocycles. The Morgan fingerprint density at radius 2 is 1.77 bits per heavy atom. The molecular weight excluding hydrogens is 178 g/mol. The summed E-state index contributed by atoms with van der Waals surface area (Å²) in [6.07, 6.45) is 0.990. The minimum Gasteiger partial charge on any atom is -0.399 e. The Morgan fingerprint density at radius 1 is 1.31 bits per heavy atom. The van der Waals surface area contributed by atoms with Crippen LogP contribution >= 0.6 is 12.6 Å². The average molecular weight is 197 g/mol. The molecule has 0 atom stereocenters. The van der Waals surface area contributed by atoms with Crippen LogP contribution in [0.5, 0.6) is 0 Å². The lowest BCUT2D eigenvalue weighted by Gasteiger charge is -2.12. The van der Waals surface area contributed by atoms with E-state index in [1.54, 1.807) is 0 Å². The van der Waals surface area contributed by atoms with Gasteiger partial charge in [0, 0.05) is 5.70 Å². The molecule has 0 rings (SSSR count). The van der Waals surface area contributed by atoms with E-state index in [-0.39, 0.29) is 0 Å². The first-order valence-corrected chi connectivity index (χ1v) is 4.87. The molecule has 0 aliphatic heterocycles. The van der Waals surface area contributed by atoms with Crippen molar-refractivity contribution >= 4 is 12.6 Å². The number of hydrogen-bond donors (Lipinski definition) is 2. The van der Waals surface area contributed by atoms with Crippen LogP contribution in [0.25, 0.3) is 0 Å². The lowest BCUT2D eigenvalue weighted by atomic mass is 9.98. The zero-order chi connectivity index (χ0) is 10.6. The van der Waals surface area contributed by atoms with Gasteiger partial charge in [-0.15, -0.1) is 12.6 Å². The maximum absolute atomic E-state index is 5.73. The molecule has 0 saturated heterocycles. The quantitative estimate of drug-likeness (QED) is 0.526. The lowest BCUT2D eigenvalue weighted by molar-refractivity contribution is 1.05. The minimum atomic E-state index is 0.630. The van der Waals surface area contributed by atoms with Gasteiger partial charge in [-0.25, -0.2) is 0 Å². The van der Waals surface area contributed by atoms with Crippen molar-refractivity contribution in [2.45, 2.75) is 34.1 Å². The van der Waals surface area contributed by atoms with Gasteiger partial charge in [-0.2, -0.15) is 0 Å². The fraction of sp³-hybridized carbons (Fsp3) is 0.455. The summed E-state index contributed by atoms with van der Waals surface area (Å²) < 4.78 is 0. The first-order valence-electron chi connectivity index (χ1n) is 4.43. The number of thiol groups is 1. The van der Waals surface area contributed by atoms with Crippen molar-refractivity contribution in [1.29, 1.82) is 0 Å². The molecule has 0 amide bonds. The SMILES string of the molecule is C=C(N)C(=C(/C)CC)/C(C)=C(/C)S. The average Bonchev–Trinajstić information content (AvgIpc) is 2.03. The fourth-order valence-electron chi connectivity index (χ4n) is 1.19. The summed E-state index contributed by atoms with van der Waals surface area (Å²) in [5.41, 5.74) is 9.81. The summed E-state index contributed by atoms with van der Waals surface area (Å²) in [5, 5.41) is 0. The molecule has 0 radical (unpaired) electrons. The Hall–Kier alpha value is -0.630. The van der Waals surface area contributed by atoms with Gasteiger partial charge in [-0.1, -0.05) is 19.1 Å². The van der Waals surface area contributed by atoms with Crippen molar-refractivity contribution in [3.63, 3.8) is 0 Å². The Balaban J connectivity index is 5.31. The molecule has 0 aliphatic carbocycles. The Morgan fingerprint density at radius 3 is 2.00 bits per heavy atom. The summed E-state index contributed by atoms with van der Waals surface area (Å²) in [7, 11) is 0. The summed E-state index contributed by atoms with van der Waals surface area (Å²) in [6, 6.07) is 0. The van der Waals surface area contributed by atoms with Crippen molar-refractivity contribution < 1.29 is 0 Å².